The zero-order valence-electron chi connectivity index (χ0n) is 15.8. The molecule has 1 unspecified atom stereocenters. The first kappa shape index (κ1) is 20.2. The molecule has 0 aliphatic rings. The molecule has 1 N–H and O–H groups in total. The van der Waals surface area contributed by atoms with Gasteiger partial charge < -0.3 is 0 Å². The summed E-state index contributed by atoms with van der Waals surface area (Å²) in [7, 11) is -3.46. The van der Waals surface area contributed by atoms with Crippen LogP contribution >= 0.6 is 0 Å². The molecule has 0 heterocycles. The summed E-state index contributed by atoms with van der Waals surface area (Å²) in [6, 6.07) is 0. The van der Waals surface area contributed by atoms with Gasteiger partial charge in [-0.05, 0) is 74.8 Å². The van der Waals surface area contributed by atoms with Crippen molar-refractivity contribution >= 4 is 10.0 Å². The van der Waals surface area contributed by atoms with Crippen molar-refractivity contribution in [1.29, 1.82) is 0 Å². The fourth-order valence-electron chi connectivity index (χ4n) is 3.11. The first-order valence-corrected chi connectivity index (χ1v) is 10.2. The van der Waals surface area contributed by atoms with E-state index in [4.69, 9.17) is 0 Å². The number of benzene rings is 1. The van der Waals surface area contributed by atoms with Gasteiger partial charge in [0.05, 0.1) is 4.90 Å². The van der Waals surface area contributed by atoms with Gasteiger partial charge in [-0.3, -0.25) is 0 Å². The summed E-state index contributed by atoms with van der Waals surface area (Å²) < 4.78 is 28.6. The fraction of sp³-hybridized carbons (Fsp3) is 0.684. The Labute approximate surface area is 142 Å². The molecular formula is C19H33NO2S. The highest BCUT2D eigenvalue weighted by Gasteiger charge is 2.24. The van der Waals surface area contributed by atoms with Gasteiger partial charge in [-0.15, -0.1) is 0 Å². The molecule has 3 nitrogen and oxygen atoms in total. The van der Waals surface area contributed by atoms with Crippen molar-refractivity contribution in [3.8, 4) is 0 Å². The van der Waals surface area contributed by atoms with Crippen molar-refractivity contribution in [2.45, 2.75) is 79.0 Å². The second-order valence-corrected chi connectivity index (χ2v) is 8.43. The third-order valence-electron chi connectivity index (χ3n) is 5.31. The number of hydrogen-bond acceptors (Lipinski definition) is 2. The molecule has 0 saturated carbocycles. The molecule has 1 rings (SSSR count). The molecule has 1 atom stereocenters. The highest BCUT2D eigenvalue weighted by Crippen LogP contribution is 2.29. The van der Waals surface area contributed by atoms with Gasteiger partial charge >= 0.3 is 0 Å². The lowest BCUT2D eigenvalue weighted by Gasteiger charge is -2.21. The molecule has 0 amide bonds. The van der Waals surface area contributed by atoms with E-state index in [0.29, 0.717) is 17.4 Å². The van der Waals surface area contributed by atoms with Crippen molar-refractivity contribution in [2.75, 3.05) is 6.54 Å². The first-order valence-electron chi connectivity index (χ1n) is 8.73. The van der Waals surface area contributed by atoms with Crippen LogP contribution < -0.4 is 4.72 Å². The molecule has 132 valence electrons. The van der Waals surface area contributed by atoms with Gasteiger partial charge in [-0.25, -0.2) is 13.1 Å². The molecule has 1 aromatic rings. The van der Waals surface area contributed by atoms with E-state index >= 15 is 0 Å². The maximum Gasteiger partial charge on any atom is 0.241 e. The van der Waals surface area contributed by atoms with Crippen molar-refractivity contribution in [2.24, 2.45) is 5.92 Å². The Morgan fingerprint density at radius 2 is 1.35 bits per heavy atom. The van der Waals surface area contributed by atoms with Gasteiger partial charge in [-0.2, -0.15) is 0 Å². The molecule has 0 spiro atoms. The van der Waals surface area contributed by atoms with Crippen LogP contribution in [-0.4, -0.2) is 15.0 Å². The highest BCUT2D eigenvalue weighted by molar-refractivity contribution is 7.89. The van der Waals surface area contributed by atoms with Crippen LogP contribution in [0.25, 0.3) is 0 Å². The topological polar surface area (TPSA) is 46.2 Å². The lowest BCUT2D eigenvalue weighted by atomic mass is 9.95. The number of rotatable bonds is 8. The lowest BCUT2D eigenvalue weighted by Crippen LogP contribution is -2.30. The highest BCUT2D eigenvalue weighted by atomic mass is 32.2. The van der Waals surface area contributed by atoms with E-state index in [-0.39, 0.29) is 0 Å². The second kappa shape index (κ2) is 8.29. The van der Waals surface area contributed by atoms with E-state index in [0.717, 1.165) is 47.9 Å². The van der Waals surface area contributed by atoms with Gasteiger partial charge in [0.2, 0.25) is 10.0 Å². The number of hydrogen-bond donors (Lipinski definition) is 1. The average Bonchev–Trinajstić information content (AvgIpc) is 2.51. The molecular weight excluding hydrogens is 306 g/mol. The minimum absolute atomic E-state index is 0.415. The van der Waals surface area contributed by atoms with Gasteiger partial charge in [0.15, 0.2) is 0 Å². The molecule has 0 bridgehead atoms. The summed E-state index contributed by atoms with van der Waals surface area (Å²) in [5, 5.41) is 0. The van der Waals surface area contributed by atoms with Crippen molar-refractivity contribution in [1.82, 2.24) is 4.72 Å². The lowest BCUT2D eigenvalue weighted by molar-refractivity contribution is 0.443. The van der Waals surface area contributed by atoms with Crippen molar-refractivity contribution in [3.63, 3.8) is 0 Å². The van der Waals surface area contributed by atoms with Crippen molar-refractivity contribution in [3.05, 3.63) is 27.8 Å². The van der Waals surface area contributed by atoms with Gasteiger partial charge in [0, 0.05) is 6.54 Å². The molecule has 0 aromatic heterocycles. The summed E-state index contributed by atoms with van der Waals surface area (Å²) in [6.45, 7) is 14.7. The van der Waals surface area contributed by atoms with E-state index in [1.165, 1.54) is 5.56 Å². The Morgan fingerprint density at radius 3 is 1.78 bits per heavy atom. The van der Waals surface area contributed by atoms with E-state index in [1.54, 1.807) is 0 Å². The molecule has 0 aliphatic carbocycles. The van der Waals surface area contributed by atoms with Gasteiger partial charge in [0.25, 0.3) is 0 Å². The molecule has 0 fully saturated rings. The maximum absolute atomic E-state index is 12.9. The first-order chi connectivity index (χ1) is 10.7. The minimum atomic E-state index is -3.46. The molecule has 0 saturated heterocycles. The molecule has 0 aliphatic heterocycles. The Kier molecular flexibility index (Phi) is 7.28. The summed E-state index contributed by atoms with van der Waals surface area (Å²) >= 11 is 0. The zero-order chi connectivity index (χ0) is 17.8. The van der Waals surface area contributed by atoms with Crippen LogP contribution in [0, 0.1) is 40.5 Å². The largest absolute Gasteiger partial charge is 0.241 e. The number of sulfonamides is 1. The Hall–Kier alpha value is -0.870. The summed E-state index contributed by atoms with van der Waals surface area (Å²) in [5.41, 5.74) is 5.09. The van der Waals surface area contributed by atoms with Crippen LogP contribution in [0.1, 0.15) is 67.3 Å². The third-order valence-corrected chi connectivity index (χ3v) is 7.00. The molecule has 23 heavy (non-hydrogen) atoms. The maximum atomic E-state index is 12.9. The second-order valence-electron chi connectivity index (χ2n) is 6.72. The summed E-state index contributed by atoms with van der Waals surface area (Å²) in [6.07, 6.45) is 4.39. The van der Waals surface area contributed by atoms with Crippen molar-refractivity contribution < 1.29 is 8.42 Å². The smallest absolute Gasteiger partial charge is 0.211 e. The zero-order valence-corrected chi connectivity index (χ0v) is 16.7. The molecule has 1 aromatic carbocycles. The Morgan fingerprint density at radius 1 is 0.870 bits per heavy atom. The molecule has 4 heteroatoms. The summed E-state index contributed by atoms with van der Waals surface area (Å²) in [5.74, 6) is 0.415. The van der Waals surface area contributed by atoms with E-state index in [2.05, 4.69) is 25.5 Å². The van der Waals surface area contributed by atoms with Gasteiger partial charge in [0.1, 0.15) is 0 Å². The predicted octanol–water partition coefficient (Wildman–Crippen LogP) is 4.72. The SMILES string of the molecule is CCCCC(CC)CNS(=O)(=O)c1c(C)c(C)c(C)c(C)c1C. The standard InChI is InChI=1S/C19H33NO2S/c1-8-10-11-18(9-2)12-20-23(21,22)19-16(6)14(4)13(3)15(5)17(19)7/h18,20H,8-12H2,1-7H3. The number of nitrogens with one attached hydrogen (secondary N) is 1. The van der Waals surface area contributed by atoms with E-state index in [9.17, 15) is 8.42 Å². The van der Waals surface area contributed by atoms with E-state index < -0.39 is 10.0 Å². The van der Waals surface area contributed by atoms with Crippen LogP contribution in [0.5, 0.6) is 0 Å². The normalized spacial score (nSPS) is 13.3. The molecule has 0 radical (unpaired) electrons. The van der Waals surface area contributed by atoms with Crippen LogP contribution in [0.3, 0.4) is 0 Å². The number of unbranched alkanes of at least 4 members (excludes halogenated alkanes) is 1. The van der Waals surface area contributed by atoms with E-state index in [1.807, 2.05) is 27.7 Å². The van der Waals surface area contributed by atoms with Crippen LogP contribution in [0.4, 0.5) is 0 Å². The fourth-order valence-corrected chi connectivity index (χ4v) is 4.82. The third kappa shape index (κ3) is 4.57. The average molecular weight is 340 g/mol. The predicted molar refractivity (Wildman–Crippen MR) is 98.6 cm³/mol. The quantitative estimate of drug-likeness (QED) is 0.744. The van der Waals surface area contributed by atoms with Crippen LogP contribution in [0.15, 0.2) is 4.90 Å². The Bertz CT molecular complexity index is 619. The van der Waals surface area contributed by atoms with Gasteiger partial charge in [-0.1, -0.05) is 33.1 Å². The monoisotopic (exact) mass is 339 g/mol. The van der Waals surface area contributed by atoms with Crippen LogP contribution in [0.2, 0.25) is 0 Å². The van der Waals surface area contributed by atoms with Crippen LogP contribution in [-0.2, 0) is 10.0 Å². The minimum Gasteiger partial charge on any atom is -0.211 e. The summed E-state index contributed by atoms with van der Waals surface area (Å²) in [4.78, 5) is 0.475. The Balaban J connectivity index is 3.10.